The molecule has 1 aromatic heterocycles. The van der Waals surface area contributed by atoms with Gasteiger partial charge in [0.2, 0.25) is 0 Å². The first-order valence-corrected chi connectivity index (χ1v) is 10.1. The molecule has 1 aliphatic carbocycles. The predicted octanol–water partition coefficient (Wildman–Crippen LogP) is 4.53. The van der Waals surface area contributed by atoms with Crippen LogP contribution >= 0.6 is 0 Å². The maximum absolute atomic E-state index is 13.3. The molecule has 4 rings (SSSR count). The molecule has 1 unspecified atom stereocenters. The van der Waals surface area contributed by atoms with Gasteiger partial charge in [0.05, 0.1) is 5.56 Å². The number of alkyl halides is 3. The lowest BCUT2D eigenvalue weighted by atomic mass is 9.91. The molecule has 1 heterocycles. The van der Waals surface area contributed by atoms with Crippen molar-refractivity contribution < 1.29 is 32.6 Å². The van der Waals surface area contributed by atoms with Gasteiger partial charge in [-0.3, -0.25) is 4.79 Å². The van der Waals surface area contributed by atoms with Gasteiger partial charge in [-0.1, -0.05) is 30.3 Å². The summed E-state index contributed by atoms with van der Waals surface area (Å²) in [4.78, 5) is 23.6. The maximum Gasteiger partial charge on any atom is 0.416 e. The topological polar surface area (TPSA) is 80.6 Å². The molecule has 6 nitrogen and oxygen atoms in total. The standard InChI is InChI=1S/C23H21F3N2O4/c24-23(25,26)15-6-8-19-17(10-15)18-11-16(7-9-20(18)28(19)12-21(29)30)27-22(31)32-13-14-4-2-1-3-5-14/h1-6,8,10,16H,7,9,11-13H2,(H,27,31)(H,29,30). The fourth-order valence-electron chi connectivity index (χ4n) is 4.20. The second kappa shape index (κ2) is 8.57. The van der Waals surface area contributed by atoms with Gasteiger partial charge in [-0.2, -0.15) is 13.2 Å². The first kappa shape index (κ1) is 21.7. The monoisotopic (exact) mass is 446 g/mol. The number of carboxylic acid groups (broad SMARTS) is 1. The van der Waals surface area contributed by atoms with E-state index < -0.39 is 23.8 Å². The summed E-state index contributed by atoms with van der Waals surface area (Å²) in [5.41, 5.74) is 1.81. The Kier molecular flexibility index (Phi) is 5.82. The predicted molar refractivity (Wildman–Crippen MR) is 110 cm³/mol. The molecule has 1 amide bonds. The number of rotatable bonds is 5. The van der Waals surface area contributed by atoms with E-state index in [0.29, 0.717) is 41.4 Å². The number of amides is 1. The zero-order valence-corrected chi connectivity index (χ0v) is 17.0. The molecule has 0 bridgehead atoms. The lowest BCUT2D eigenvalue weighted by Gasteiger charge is -2.24. The molecule has 0 saturated carbocycles. The lowest BCUT2D eigenvalue weighted by molar-refractivity contribution is -0.138. The molecule has 1 atom stereocenters. The van der Waals surface area contributed by atoms with Gasteiger partial charge in [-0.25, -0.2) is 4.79 Å². The van der Waals surface area contributed by atoms with Gasteiger partial charge in [0.25, 0.3) is 0 Å². The summed E-state index contributed by atoms with van der Waals surface area (Å²) in [7, 11) is 0. The van der Waals surface area contributed by atoms with Crippen LogP contribution in [0.4, 0.5) is 18.0 Å². The molecule has 0 aliphatic heterocycles. The molecule has 0 spiro atoms. The van der Waals surface area contributed by atoms with Crippen molar-refractivity contribution in [1.29, 1.82) is 0 Å². The molecule has 9 heteroatoms. The minimum atomic E-state index is -4.51. The average molecular weight is 446 g/mol. The molecule has 1 aliphatic rings. The van der Waals surface area contributed by atoms with E-state index in [1.54, 1.807) is 4.57 Å². The highest BCUT2D eigenvalue weighted by Crippen LogP contribution is 2.37. The van der Waals surface area contributed by atoms with Crippen LogP contribution < -0.4 is 5.32 Å². The number of fused-ring (bicyclic) bond motifs is 3. The molecule has 0 radical (unpaired) electrons. The maximum atomic E-state index is 13.3. The van der Waals surface area contributed by atoms with Crippen LogP contribution in [-0.4, -0.2) is 27.8 Å². The normalized spacial score (nSPS) is 15.9. The van der Waals surface area contributed by atoms with Crippen LogP contribution in [0, 0.1) is 0 Å². The first-order valence-electron chi connectivity index (χ1n) is 10.1. The Balaban J connectivity index is 1.56. The van der Waals surface area contributed by atoms with E-state index in [-0.39, 0.29) is 19.2 Å². The number of nitrogens with zero attached hydrogens (tertiary/aromatic N) is 1. The molecule has 2 aromatic carbocycles. The largest absolute Gasteiger partial charge is 0.480 e. The third-order valence-electron chi connectivity index (χ3n) is 5.62. The molecule has 168 valence electrons. The third kappa shape index (κ3) is 4.56. The molecule has 0 saturated heterocycles. The van der Waals surface area contributed by atoms with Crippen molar-refractivity contribution in [3.63, 3.8) is 0 Å². The molecular formula is C23H21F3N2O4. The van der Waals surface area contributed by atoms with E-state index in [1.807, 2.05) is 30.3 Å². The number of ether oxygens (including phenoxy) is 1. The van der Waals surface area contributed by atoms with Gasteiger partial charge >= 0.3 is 18.2 Å². The second-order valence-corrected chi connectivity index (χ2v) is 7.78. The number of carbonyl (C=O) groups excluding carboxylic acids is 1. The van der Waals surface area contributed by atoms with Crippen molar-refractivity contribution in [2.75, 3.05) is 0 Å². The minimum absolute atomic E-state index is 0.109. The Morgan fingerprint density at radius 2 is 1.91 bits per heavy atom. The molecule has 3 aromatic rings. The number of carbonyl (C=O) groups is 2. The van der Waals surface area contributed by atoms with Crippen molar-refractivity contribution in [1.82, 2.24) is 9.88 Å². The lowest BCUT2D eigenvalue weighted by Crippen LogP contribution is -2.39. The number of halogens is 3. The van der Waals surface area contributed by atoms with Crippen LogP contribution in [0.25, 0.3) is 10.9 Å². The highest BCUT2D eigenvalue weighted by Gasteiger charge is 2.33. The van der Waals surface area contributed by atoms with Crippen LogP contribution in [0.3, 0.4) is 0 Å². The van der Waals surface area contributed by atoms with Crippen molar-refractivity contribution in [2.45, 2.75) is 44.6 Å². The Labute approximate surface area is 181 Å². The average Bonchev–Trinajstić information content (AvgIpc) is 3.04. The van der Waals surface area contributed by atoms with E-state index in [4.69, 9.17) is 4.74 Å². The Morgan fingerprint density at radius 3 is 2.59 bits per heavy atom. The van der Waals surface area contributed by atoms with E-state index in [9.17, 15) is 27.9 Å². The smallest absolute Gasteiger partial charge is 0.416 e. The van der Waals surface area contributed by atoms with Crippen LogP contribution in [0.15, 0.2) is 48.5 Å². The van der Waals surface area contributed by atoms with Gasteiger partial charge < -0.3 is 19.7 Å². The highest BCUT2D eigenvalue weighted by molar-refractivity contribution is 5.88. The highest BCUT2D eigenvalue weighted by atomic mass is 19.4. The number of aromatic nitrogens is 1. The van der Waals surface area contributed by atoms with E-state index in [1.165, 1.54) is 6.07 Å². The summed E-state index contributed by atoms with van der Waals surface area (Å²) in [5.74, 6) is -1.07. The third-order valence-corrected chi connectivity index (χ3v) is 5.62. The molecule has 0 fully saturated rings. The van der Waals surface area contributed by atoms with Crippen molar-refractivity contribution in [2.24, 2.45) is 0 Å². The fraction of sp³-hybridized carbons (Fsp3) is 0.304. The number of aliphatic carboxylic acids is 1. The molecule has 2 N–H and O–H groups in total. The summed E-state index contributed by atoms with van der Waals surface area (Å²) in [6.45, 7) is -0.230. The van der Waals surface area contributed by atoms with Gasteiger partial charge in [-0.15, -0.1) is 0 Å². The van der Waals surface area contributed by atoms with Gasteiger partial charge in [0.1, 0.15) is 13.2 Å². The number of hydrogen-bond acceptors (Lipinski definition) is 3. The molecular weight excluding hydrogens is 425 g/mol. The number of nitrogens with one attached hydrogen (secondary N) is 1. The summed E-state index contributed by atoms with van der Waals surface area (Å²) in [6, 6.07) is 12.2. The summed E-state index contributed by atoms with van der Waals surface area (Å²) in [5, 5.41) is 12.4. The van der Waals surface area contributed by atoms with Crippen LogP contribution in [0.5, 0.6) is 0 Å². The quantitative estimate of drug-likeness (QED) is 0.604. The van der Waals surface area contributed by atoms with Gasteiger partial charge in [0.15, 0.2) is 0 Å². The zero-order chi connectivity index (χ0) is 22.9. The summed E-state index contributed by atoms with van der Waals surface area (Å²) >= 11 is 0. The second-order valence-electron chi connectivity index (χ2n) is 7.78. The van der Waals surface area contributed by atoms with Crippen LogP contribution in [0.2, 0.25) is 0 Å². The Bertz CT molecular complexity index is 1160. The first-order chi connectivity index (χ1) is 15.2. The number of hydrogen-bond donors (Lipinski definition) is 2. The van der Waals surface area contributed by atoms with Gasteiger partial charge in [0, 0.05) is 22.6 Å². The number of alkyl carbamates (subject to hydrolysis) is 1. The molecule has 32 heavy (non-hydrogen) atoms. The van der Waals surface area contributed by atoms with E-state index >= 15 is 0 Å². The summed E-state index contributed by atoms with van der Waals surface area (Å²) in [6.07, 6.45) is -3.87. The Morgan fingerprint density at radius 1 is 1.16 bits per heavy atom. The number of benzene rings is 2. The SMILES string of the molecule is O=C(O)Cn1c2c(c3cc(C(F)(F)F)ccc31)CC(NC(=O)OCc1ccccc1)CC2. The van der Waals surface area contributed by atoms with Crippen LogP contribution in [-0.2, 0) is 41.7 Å². The zero-order valence-electron chi connectivity index (χ0n) is 17.0. The van der Waals surface area contributed by atoms with E-state index in [2.05, 4.69) is 5.32 Å². The number of carboxylic acids is 1. The Hall–Kier alpha value is -3.49. The van der Waals surface area contributed by atoms with Crippen LogP contribution in [0.1, 0.15) is 28.8 Å². The van der Waals surface area contributed by atoms with Crippen molar-refractivity contribution in [3.05, 3.63) is 70.9 Å². The summed E-state index contributed by atoms with van der Waals surface area (Å²) < 4.78 is 46.6. The van der Waals surface area contributed by atoms with Crippen molar-refractivity contribution in [3.8, 4) is 0 Å². The fourth-order valence-corrected chi connectivity index (χ4v) is 4.20. The minimum Gasteiger partial charge on any atom is -0.480 e. The van der Waals surface area contributed by atoms with Gasteiger partial charge in [-0.05, 0) is 48.6 Å². The van der Waals surface area contributed by atoms with Crippen molar-refractivity contribution >= 4 is 23.0 Å². The van der Waals surface area contributed by atoms with E-state index in [0.717, 1.165) is 17.7 Å².